The molecule has 0 aliphatic heterocycles. The van der Waals surface area contributed by atoms with Crippen LogP contribution in [0.1, 0.15) is 5.56 Å². The molecule has 0 N–H and O–H groups in total. The minimum absolute atomic E-state index is 0.0350. The molecule has 0 saturated heterocycles. The van der Waals surface area contributed by atoms with Crippen molar-refractivity contribution < 1.29 is 22.0 Å². The van der Waals surface area contributed by atoms with E-state index in [1.807, 2.05) is 0 Å². The first-order valence-corrected chi connectivity index (χ1v) is 6.26. The summed E-state index contributed by atoms with van der Waals surface area (Å²) in [7, 11) is 0. The second kappa shape index (κ2) is 5.28. The van der Waals surface area contributed by atoms with Crippen molar-refractivity contribution >= 4 is 15.9 Å². The van der Waals surface area contributed by atoms with Crippen LogP contribution in [0, 0.1) is 29.1 Å². The lowest BCUT2D eigenvalue weighted by Crippen LogP contribution is -2.05. The largest absolute Gasteiger partial charge is 0.203 e. The maximum absolute atomic E-state index is 13.7. The van der Waals surface area contributed by atoms with E-state index in [1.54, 1.807) is 6.07 Å². The van der Waals surface area contributed by atoms with Crippen LogP contribution in [0.5, 0.6) is 0 Å². The first-order valence-electron chi connectivity index (χ1n) is 5.14. The Morgan fingerprint density at radius 1 is 0.737 bits per heavy atom. The lowest BCUT2D eigenvalue weighted by Gasteiger charge is -2.11. The van der Waals surface area contributed by atoms with Gasteiger partial charge < -0.3 is 0 Å². The third-order valence-electron chi connectivity index (χ3n) is 2.64. The Balaban J connectivity index is 2.83. The van der Waals surface area contributed by atoms with Gasteiger partial charge in [-0.15, -0.1) is 0 Å². The molecule has 0 saturated carbocycles. The molecule has 0 atom stereocenters. The van der Waals surface area contributed by atoms with Gasteiger partial charge in [0.25, 0.3) is 0 Å². The van der Waals surface area contributed by atoms with Crippen LogP contribution < -0.4 is 0 Å². The van der Waals surface area contributed by atoms with Crippen LogP contribution in [0.2, 0.25) is 0 Å². The normalized spacial score (nSPS) is 10.8. The molecule has 0 amide bonds. The van der Waals surface area contributed by atoms with Crippen LogP contribution in [0.4, 0.5) is 22.0 Å². The smallest absolute Gasteiger partial charge is 0.200 e. The predicted molar refractivity (Wildman–Crippen MR) is 64.3 cm³/mol. The van der Waals surface area contributed by atoms with Crippen LogP contribution in [0.3, 0.4) is 0 Å². The molecule has 0 heterocycles. The van der Waals surface area contributed by atoms with Gasteiger partial charge in [-0.1, -0.05) is 40.2 Å². The molecule has 0 unspecified atom stereocenters. The Kier molecular flexibility index (Phi) is 3.89. The van der Waals surface area contributed by atoms with Gasteiger partial charge in [-0.25, -0.2) is 22.0 Å². The predicted octanol–water partition coefficient (Wildman–Crippen LogP) is 4.94. The highest BCUT2D eigenvalue weighted by Gasteiger charge is 2.27. The fourth-order valence-electron chi connectivity index (χ4n) is 1.72. The number of alkyl halides is 1. The molecule has 0 fully saturated rings. The van der Waals surface area contributed by atoms with Crippen molar-refractivity contribution in [3.63, 3.8) is 0 Å². The quantitative estimate of drug-likeness (QED) is 0.315. The van der Waals surface area contributed by atoms with Gasteiger partial charge in [0.05, 0.1) is 5.56 Å². The Morgan fingerprint density at radius 2 is 1.21 bits per heavy atom. The van der Waals surface area contributed by atoms with Gasteiger partial charge in [0, 0.05) is 5.33 Å². The highest BCUT2D eigenvalue weighted by Crippen LogP contribution is 2.34. The number of benzene rings is 2. The summed E-state index contributed by atoms with van der Waals surface area (Å²) in [5, 5.41) is 0.225. The first-order chi connectivity index (χ1) is 8.99. The van der Waals surface area contributed by atoms with E-state index in [1.165, 1.54) is 18.2 Å². The zero-order valence-electron chi connectivity index (χ0n) is 9.28. The molecule has 0 aliphatic carbocycles. The van der Waals surface area contributed by atoms with Crippen molar-refractivity contribution in [2.75, 3.05) is 0 Å². The molecule has 0 bridgehead atoms. The fourth-order valence-corrected chi connectivity index (χ4v) is 2.21. The monoisotopic (exact) mass is 336 g/mol. The molecular weight excluding hydrogens is 331 g/mol. The minimum Gasteiger partial charge on any atom is -0.203 e. The van der Waals surface area contributed by atoms with Gasteiger partial charge in [0.15, 0.2) is 23.3 Å². The van der Waals surface area contributed by atoms with Crippen LogP contribution in [0.15, 0.2) is 24.3 Å². The molecule has 19 heavy (non-hydrogen) atoms. The van der Waals surface area contributed by atoms with E-state index in [0.29, 0.717) is 5.56 Å². The van der Waals surface area contributed by atoms with E-state index >= 15 is 0 Å². The van der Waals surface area contributed by atoms with Crippen molar-refractivity contribution in [2.45, 2.75) is 5.33 Å². The van der Waals surface area contributed by atoms with Gasteiger partial charge in [0.2, 0.25) is 5.82 Å². The zero-order valence-corrected chi connectivity index (χ0v) is 10.9. The van der Waals surface area contributed by atoms with Crippen LogP contribution >= 0.6 is 15.9 Å². The van der Waals surface area contributed by atoms with Gasteiger partial charge >= 0.3 is 0 Å². The maximum atomic E-state index is 13.7. The summed E-state index contributed by atoms with van der Waals surface area (Å²) in [4.78, 5) is 0. The molecule has 0 nitrogen and oxygen atoms in total. The standard InChI is InChI=1S/C13H6BrF5/c14-5-6-3-1-2-4-7(6)8-9(15)11(17)13(19)12(18)10(8)16/h1-4H,5H2. The van der Waals surface area contributed by atoms with E-state index in [-0.39, 0.29) is 10.9 Å². The number of halogens is 6. The molecule has 2 aromatic carbocycles. The lowest BCUT2D eigenvalue weighted by atomic mass is 9.99. The number of rotatable bonds is 2. The Labute approximate surface area is 114 Å². The summed E-state index contributed by atoms with van der Waals surface area (Å²) >= 11 is 3.10. The van der Waals surface area contributed by atoms with Crippen molar-refractivity contribution in [1.29, 1.82) is 0 Å². The van der Waals surface area contributed by atoms with Gasteiger partial charge in [-0.3, -0.25) is 0 Å². The summed E-state index contributed by atoms with van der Waals surface area (Å²) in [5.41, 5.74) is -0.524. The lowest BCUT2D eigenvalue weighted by molar-refractivity contribution is 0.381. The molecule has 2 rings (SSSR count). The van der Waals surface area contributed by atoms with Gasteiger partial charge in [-0.05, 0) is 11.1 Å². The fraction of sp³-hybridized carbons (Fsp3) is 0.0769. The van der Waals surface area contributed by atoms with Crippen molar-refractivity contribution in [2.24, 2.45) is 0 Å². The highest BCUT2D eigenvalue weighted by atomic mass is 79.9. The molecule has 6 heteroatoms. The maximum Gasteiger partial charge on any atom is 0.200 e. The molecule has 2 aromatic rings. The van der Waals surface area contributed by atoms with Crippen LogP contribution in [-0.4, -0.2) is 0 Å². The molecular formula is C13H6BrF5. The number of hydrogen-bond donors (Lipinski definition) is 0. The molecule has 0 spiro atoms. The SMILES string of the molecule is Fc1c(F)c(F)c(-c2ccccc2CBr)c(F)c1F. The Hall–Kier alpha value is -1.43. The zero-order chi connectivity index (χ0) is 14.2. The molecule has 0 aromatic heterocycles. The topological polar surface area (TPSA) is 0 Å². The Bertz CT molecular complexity index is 610. The third kappa shape index (κ3) is 2.25. The summed E-state index contributed by atoms with van der Waals surface area (Å²) in [6.07, 6.45) is 0. The van der Waals surface area contributed by atoms with E-state index in [9.17, 15) is 22.0 Å². The first kappa shape index (κ1) is 14.0. The molecule has 0 aliphatic rings. The summed E-state index contributed by atoms with van der Waals surface area (Å²) in [6.45, 7) is 0. The molecule has 0 radical (unpaired) electrons. The second-order valence-electron chi connectivity index (χ2n) is 3.74. The van der Waals surface area contributed by atoms with Gasteiger partial charge in [-0.2, -0.15) is 0 Å². The average Bonchev–Trinajstić information content (AvgIpc) is 2.44. The summed E-state index contributed by atoms with van der Waals surface area (Å²) < 4.78 is 66.6. The van der Waals surface area contributed by atoms with E-state index in [2.05, 4.69) is 15.9 Å². The summed E-state index contributed by atoms with van der Waals surface area (Å²) in [6, 6.07) is 5.89. The third-order valence-corrected chi connectivity index (χ3v) is 3.24. The summed E-state index contributed by atoms with van der Waals surface area (Å²) in [5.74, 6) is -9.71. The average molecular weight is 337 g/mol. The number of hydrogen-bond acceptors (Lipinski definition) is 0. The van der Waals surface area contributed by atoms with Crippen molar-refractivity contribution in [1.82, 2.24) is 0 Å². The highest BCUT2D eigenvalue weighted by molar-refractivity contribution is 9.08. The van der Waals surface area contributed by atoms with Crippen LogP contribution in [-0.2, 0) is 5.33 Å². The van der Waals surface area contributed by atoms with Crippen LogP contribution in [0.25, 0.3) is 11.1 Å². The minimum atomic E-state index is -2.16. The van der Waals surface area contributed by atoms with Crippen molar-refractivity contribution in [3.8, 4) is 11.1 Å². The second-order valence-corrected chi connectivity index (χ2v) is 4.30. The van der Waals surface area contributed by atoms with E-state index in [0.717, 1.165) is 0 Å². The molecule has 100 valence electrons. The van der Waals surface area contributed by atoms with E-state index < -0.39 is 34.6 Å². The van der Waals surface area contributed by atoms with E-state index in [4.69, 9.17) is 0 Å². The van der Waals surface area contributed by atoms with Gasteiger partial charge in [0.1, 0.15) is 0 Å². The van der Waals surface area contributed by atoms with Crippen molar-refractivity contribution in [3.05, 3.63) is 58.9 Å². The Morgan fingerprint density at radius 3 is 1.74 bits per heavy atom.